The molecule has 2 aliphatic heterocycles. The highest BCUT2D eigenvalue weighted by Crippen LogP contribution is 2.45. The molecule has 0 radical (unpaired) electrons. The van der Waals surface area contributed by atoms with E-state index >= 15 is 0 Å². The van der Waals surface area contributed by atoms with Crippen molar-refractivity contribution in [3.8, 4) is 0 Å². The minimum absolute atomic E-state index is 0.0811. The summed E-state index contributed by atoms with van der Waals surface area (Å²) in [5, 5.41) is 24.8. The molecule has 2 atom stereocenters. The van der Waals surface area contributed by atoms with E-state index in [2.05, 4.69) is 25.7 Å². The number of H-pyrrole nitrogens is 1. The van der Waals surface area contributed by atoms with Crippen molar-refractivity contribution >= 4 is 69.6 Å². The topological polar surface area (TPSA) is 176 Å². The van der Waals surface area contributed by atoms with E-state index in [1.54, 1.807) is 12.4 Å². The average Bonchev–Trinajstić information content (AvgIpc) is 3.75. The first kappa shape index (κ1) is 30.2. The predicted octanol–water partition coefficient (Wildman–Crippen LogP) is 3.98. The Morgan fingerprint density at radius 1 is 1.18 bits per heavy atom. The van der Waals surface area contributed by atoms with Crippen molar-refractivity contribution in [2.24, 2.45) is 5.16 Å². The first-order valence-corrected chi connectivity index (χ1v) is 16.3. The molecule has 2 aliphatic rings. The number of aromatic amines is 1. The number of anilines is 1. The van der Waals surface area contributed by atoms with Gasteiger partial charge in [0.15, 0.2) is 16.9 Å². The average molecular weight is 660 g/mol. The van der Waals surface area contributed by atoms with Gasteiger partial charge in [-0.05, 0) is 22.6 Å². The highest BCUT2D eigenvalue weighted by Gasteiger charge is 2.55. The van der Waals surface area contributed by atoms with Gasteiger partial charge in [-0.15, -0.1) is 23.1 Å². The Balaban J connectivity index is 1.28. The Labute approximate surface area is 269 Å². The van der Waals surface area contributed by atoms with Crippen LogP contribution in [0.4, 0.5) is 5.13 Å². The molecule has 6 rings (SSSR count). The molecule has 4 aromatic rings. The molecule has 1 saturated heterocycles. The third-order valence-corrected chi connectivity index (χ3v) is 9.94. The van der Waals surface area contributed by atoms with Crippen LogP contribution in [0.25, 0.3) is 6.08 Å². The summed E-state index contributed by atoms with van der Waals surface area (Å²) < 4.78 is 6.17. The van der Waals surface area contributed by atoms with Gasteiger partial charge in [-0.2, -0.15) is 5.10 Å². The van der Waals surface area contributed by atoms with E-state index in [4.69, 9.17) is 10.5 Å². The highest BCUT2D eigenvalue weighted by atomic mass is 32.2. The Morgan fingerprint density at radius 3 is 2.49 bits per heavy atom. The normalized spacial score (nSPS) is 18.2. The van der Waals surface area contributed by atoms with Crippen LogP contribution in [0.5, 0.6) is 0 Å². The van der Waals surface area contributed by atoms with Crippen molar-refractivity contribution in [3.63, 3.8) is 0 Å². The number of ether oxygens (including phenoxy) is 1. The lowest BCUT2D eigenvalue weighted by molar-refractivity contribution is -0.154. The maximum absolute atomic E-state index is 14.1. The van der Waals surface area contributed by atoms with E-state index in [0.29, 0.717) is 10.7 Å². The summed E-state index contributed by atoms with van der Waals surface area (Å²) in [6.07, 6.45) is 4.49. The predicted molar refractivity (Wildman–Crippen MR) is 173 cm³/mol. The maximum atomic E-state index is 14.1. The van der Waals surface area contributed by atoms with Crippen LogP contribution in [0.3, 0.4) is 0 Å². The van der Waals surface area contributed by atoms with Gasteiger partial charge in [-0.25, -0.2) is 9.78 Å². The lowest BCUT2D eigenvalue weighted by Crippen LogP contribution is -2.71. The van der Waals surface area contributed by atoms with Crippen molar-refractivity contribution in [1.29, 1.82) is 0 Å². The number of esters is 1. The second kappa shape index (κ2) is 13.4. The molecule has 2 aromatic carbocycles. The number of β-lactam (4-membered cyclic amide) rings is 1. The Morgan fingerprint density at radius 2 is 1.89 bits per heavy atom. The Hall–Kier alpha value is -4.86. The molecule has 5 N–H and O–H groups in total. The van der Waals surface area contributed by atoms with Gasteiger partial charge >= 0.3 is 5.97 Å². The summed E-state index contributed by atoms with van der Waals surface area (Å²) in [6, 6.07) is 17.7. The summed E-state index contributed by atoms with van der Waals surface area (Å²) in [4.78, 5) is 46.7. The molecule has 1 fully saturated rings. The number of nitrogens with one attached hydrogen (secondary N) is 2. The van der Waals surface area contributed by atoms with E-state index in [9.17, 15) is 19.6 Å². The van der Waals surface area contributed by atoms with Gasteiger partial charge in [-0.1, -0.05) is 77.6 Å². The molecule has 0 saturated carbocycles. The van der Waals surface area contributed by atoms with Gasteiger partial charge in [-0.3, -0.25) is 19.6 Å². The number of oxime groups is 1. The van der Waals surface area contributed by atoms with Gasteiger partial charge in [0.1, 0.15) is 22.8 Å². The van der Waals surface area contributed by atoms with Crippen LogP contribution in [0.2, 0.25) is 0 Å². The third kappa shape index (κ3) is 6.36. The number of hydrogen-bond acceptors (Lipinski definition) is 12. The number of thiazole rings is 1. The fourth-order valence-electron chi connectivity index (χ4n) is 4.78. The molecule has 0 aliphatic carbocycles. The number of benzene rings is 2. The quantitative estimate of drug-likeness (QED) is 0.0641. The number of hydrogen-bond donors (Lipinski definition) is 4. The van der Waals surface area contributed by atoms with E-state index < -0.39 is 35.3 Å². The van der Waals surface area contributed by atoms with Gasteiger partial charge < -0.3 is 21.0 Å². The fourth-order valence-corrected chi connectivity index (χ4v) is 7.68. The van der Waals surface area contributed by atoms with Crippen molar-refractivity contribution in [1.82, 2.24) is 25.4 Å². The van der Waals surface area contributed by atoms with Crippen LogP contribution < -0.4 is 11.1 Å². The number of nitrogen functional groups attached to an aromatic ring is 1. The van der Waals surface area contributed by atoms with Crippen molar-refractivity contribution in [2.45, 2.75) is 17.5 Å². The lowest BCUT2D eigenvalue weighted by Gasteiger charge is -2.49. The summed E-state index contributed by atoms with van der Waals surface area (Å²) in [7, 11) is 0. The van der Waals surface area contributed by atoms with E-state index in [1.165, 1.54) is 33.8 Å². The zero-order chi connectivity index (χ0) is 31.3. The zero-order valence-electron chi connectivity index (χ0n) is 23.3. The molecule has 0 unspecified atom stereocenters. The van der Waals surface area contributed by atoms with Crippen LogP contribution in [0.1, 0.15) is 28.5 Å². The number of carbonyl (C=O) groups excluding carboxylic acids is 3. The number of aromatic nitrogens is 3. The maximum Gasteiger partial charge on any atom is 0.356 e. The minimum Gasteiger partial charge on any atom is -0.448 e. The summed E-state index contributed by atoms with van der Waals surface area (Å²) in [6.45, 7) is 0. The largest absolute Gasteiger partial charge is 0.448 e. The third-order valence-electron chi connectivity index (χ3n) is 6.91. The van der Waals surface area contributed by atoms with Crippen molar-refractivity contribution in [3.05, 3.63) is 117 Å². The molecule has 2 aromatic heterocycles. The Kier molecular flexibility index (Phi) is 9.00. The van der Waals surface area contributed by atoms with Gasteiger partial charge in [0.25, 0.3) is 11.8 Å². The standard InChI is InChI=1S/C30H25N7O5S3/c31-30-34-20(15-45-30)22(36-41)26(38)35-23-27(39)37-24(21(16-44-28(23)37)43-12-11-17-13-32-33-14-17)29(40)42-25(18-7-3-1-4-8-18)19-9-5-2-6-10-19/h1-15,23,25,28,41H,16H2,(H2,31,34)(H,32,33)(H,35,38)/b12-11-,36-22-/t23-,28-/m1/s1. The van der Waals surface area contributed by atoms with Crippen LogP contribution >= 0.6 is 34.9 Å². The number of nitrogens with zero attached hydrogens (tertiary/aromatic N) is 4. The number of nitrogens with two attached hydrogens (primary N) is 1. The molecule has 0 bridgehead atoms. The van der Waals surface area contributed by atoms with Crippen LogP contribution in [0.15, 0.2) is 99.6 Å². The summed E-state index contributed by atoms with van der Waals surface area (Å²) in [5.41, 5.74) is 7.86. The molecule has 12 nitrogen and oxygen atoms in total. The summed E-state index contributed by atoms with van der Waals surface area (Å²) >= 11 is 3.77. The number of rotatable bonds is 10. The smallest absolute Gasteiger partial charge is 0.356 e. The van der Waals surface area contributed by atoms with Crippen molar-refractivity contribution in [2.75, 3.05) is 11.5 Å². The fraction of sp³-hybridized carbons (Fsp3) is 0.133. The SMILES string of the molecule is Nc1nc(/C(=N/O)C(=O)N[C@@H]2C(=O)N3C(C(=O)OC(c4ccccc4)c4ccccc4)=C(S/C=C\c4cn[nH]c4)CS[C@H]23)cs1. The van der Waals surface area contributed by atoms with Crippen LogP contribution in [-0.4, -0.2) is 66.0 Å². The number of thioether (sulfide) groups is 2. The molecule has 0 spiro atoms. The Bertz CT molecular complexity index is 1750. The summed E-state index contributed by atoms with van der Waals surface area (Å²) in [5.74, 6) is -1.61. The first-order valence-electron chi connectivity index (χ1n) is 13.5. The van der Waals surface area contributed by atoms with E-state index in [1.807, 2.05) is 72.1 Å². The second-order valence-electron chi connectivity index (χ2n) is 9.71. The molecule has 45 heavy (non-hydrogen) atoms. The first-order chi connectivity index (χ1) is 21.9. The number of carbonyl (C=O) groups is 3. The lowest BCUT2D eigenvalue weighted by atomic mass is 10.0. The van der Waals surface area contributed by atoms with Crippen molar-refractivity contribution < 1.29 is 24.3 Å². The zero-order valence-corrected chi connectivity index (χ0v) is 25.7. The van der Waals surface area contributed by atoms with Crippen LogP contribution in [-0.2, 0) is 19.1 Å². The van der Waals surface area contributed by atoms with Crippen LogP contribution in [0, 0.1) is 0 Å². The molecule has 228 valence electrons. The van der Waals surface area contributed by atoms with Gasteiger partial charge in [0, 0.05) is 27.8 Å². The number of fused-ring (bicyclic) bond motifs is 1. The van der Waals surface area contributed by atoms with Gasteiger partial charge in [0.05, 0.1) is 6.20 Å². The molecule has 15 heteroatoms. The molecular weight excluding hydrogens is 635 g/mol. The van der Waals surface area contributed by atoms with E-state index in [0.717, 1.165) is 28.0 Å². The van der Waals surface area contributed by atoms with Gasteiger partial charge in [0.2, 0.25) is 0 Å². The molecule has 2 amide bonds. The minimum atomic E-state index is -0.981. The van der Waals surface area contributed by atoms with E-state index in [-0.39, 0.29) is 22.2 Å². The highest BCUT2D eigenvalue weighted by molar-refractivity contribution is 8.08. The second-order valence-corrected chi connectivity index (χ2v) is 12.7. The molecule has 4 heterocycles. The molecular formula is C30H25N7O5S3. The monoisotopic (exact) mass is 659 g/mol. The number of amides is 2.